The summed E-state index contributed by atoms with van der Waals surface area (Å²) < 4.78 is 64.2. The number of benzene rings is 4. The lowest BCUT2D eigenvalue weighted by Gasteiger charge is -2.38. The van der Waals surface area contributed by atoms with Crippen molar-refractivity contribution < 1.29 is 60.9 Å². The van der Waals surface area contributed by atoms with Crippen LogP contribution in [0.2, 0.25) is 5.02 Å². The van der Waals surface area contributed by atoms with E-state index in [2.05, 4.69) is 30.4 Å². The van der Waals surface area contributed by atoms with Gasteiger partial charge in [-0.2, -0.15) is 0 Å². The van der Waals surface area contributed by atoms with Crippen LogP contribution >= 0.6 is 34.3 Å². The van der Waals surface area contributed by atoms with Crippen LogP contribution in [0, 0.1) is 24.4 Å². The van der Waals surface area contributed by atoms with Crippen molar-refractivity contribution in [3.63, 3.8) is 0 Å². The van der Waals surface area contributed by atoms with E-state index in [4.69, 9.17) is 40.5 Å². The van der Waals surface area contributed by atoms with E-state index < -0.39 is 52.7 Å². The number of amidine groups is 2. The summed E-state index contributed by atoms with van der Waals surface area (Å²) in [7, 11) is 2.56. The zero-order valence-corrected chi connectivity index (χ0v) is 54.1. The second kappa shape index (κ2) is 27.3. The summed E-state index contributed by atoms with van der Waals surface area (Å²) in [6.45, 7) is 14.2. The van der Waals surface area contributed by atoms with Crippen LogP contribution in [0.3, 0.4) is 0 Å². The first-order valence-corrected chi connectivity index (χ1v) is 31.8. The molecule has 2 aromatic heterocycles. The molecule has 0 unspecified atom stereocenters. The molecule has 0 spiro atoms. The molecule has 0 aliphatic carbocycles. The molecule has 22 nitrogen and oxygen atoms in total. The molecule has 4 aromatic carbocycles. The Labute approximate surface area is 546 Å². The molecule has 4 saturated heterocycles. The molecule has 2 N–H and O–H groups in total. The van der Waals surface area contributed by atoms with E-state index in [0.717, 1.165) is 28.6 Å². The van der Waals surface area contributed by atoms with Crippen LogP contribution in [0.25, 0.3) is 0 Å². The van der Waals surface area contributed by atoms with E-state index in [9.17, 15) is 41.9 Å². The number of piperazine rings is 2. The number of aliphatic imine (C=N–C) groups is 2. The molecule has 8 heterocycles. The maximum Gasteiger partial charge on any atom is 0.338 e. The van der Waals surface area contributed by atoms with Crippen LogP contribution in [0.4, 0.5) is 34.1 Å². The highest BCUT2D eigenvalue weighted by atomic mass is 35.5. The molecule has 4 amide bonds. The van der Waals surface area contributed by atoms with E-state index in [1.54, 1.807) is 61.3 Å². The van der Waals surface area contributed by atoms with Gasteiger partial charge in [0.05, 0.1) is 42.5 Å². The molecule has 6 aliphatic heterocycles. The fraction of sp³-hybridized carbons (Fsp3) is 0.354. The molecule has 6 aromatic rings. The number of carbonyl (C=O) groups is 6. The minimum atomic E-state index is -1.00. The third-order valence-electron chi connectivity index (χ3n) is 17.4. The van der Waals surface area contributed by atoms with Crippen molar-refractivity contribution in [2.75, 3.05) is 89.5 Å². The molecule has 0 saturated carbocycles. The number of methoxy groups -OCH3 is 2. The Kier molecular flexibility index (Phi) is 19.2. The maximum atomic E-state index is 14.8. The number of hydrogen-bond donors (Lipinski definition) is 2. The molecule has 93 heavy (non-hydrogen) atoms. The zero-order valence-electron chi connectivity index (χ0n) is 51.7. The molecule has 28 heteroatoms. The number of fused-ring (bicyclic) bond motifs is 2. The predicted molar refractivity (Wildman–Crippen MR) is 342 cm³/mol. The van der Waals surface area contributed by atoms with Gasteiger partial charge < -0.3 is 39.4 Å². The average molecular weight is 1330 g/mol. The van der Waals surface area contributed by atoms with Gasteiger partial charge in [0, 0.05) is 117 Å². The summed E-state index contributed by atoms with van der Waals surface area (Å²) >= 11 is 9.14. The molecular formula is C65H66ClF3N12O10S2. The summed E-state index contributed by atoms with van der Waals surface area (Å²) in [6.07, 6.45) is 3.29. The Balaban J connectivity index is 0.000000190. The van der Waals surface area contributed by atoms with Gasteiger partial charge in [-0.1, -0.05) is 54.1 Å². The summed E-state index contributed by atoms with van der Waals surface area (Å²) in [5.74, 6) is -3.02. The number of nitrogens with zero attached hydrogens (tertiary/aromatic N) is 10. The molecular weight excluding hydrogens is 1270 g/mol. The number of halogens is 4. The number of aromatic nitrogens is 2. The van der Waals surface area contributed by atoms with Gasteiger partial charge in [-0.05, 0) is 93.3 Å². The Morgan fingerprint density at radius 2 is 1.08 bits per heavy atom. The first kappa shape index (κ1) is 65.5. The lowest BCUT2D eigenvalue weighted by Crippen LogP contribution is -2.53. The number of hydrogen-bond acceptors (Lipinski definition) is 20. The highest BCUT2D eigenvalue weighted by Crippen LogP contribution is 2.40. The SMILES string of the molecule is COC(=O)C1=C(CN2CCN3C(=O)N(c4ccc(C(C)(C)OC=O)cc4)C[C@@H]3C2)NC(c2nccs2)=N[C@H]1c1ccc(F)c(F)c1C.COC(=O)C1=C(CN2CCN3C(=O)N(c4ccc(C(C)(C)OC=O)cc4)C[C@@H]3C2)NC(c2nccs2)=N[C@H]1c1cccc(F)c1Cl. The molecule has 0 radical (unpaired) electrons. The first-order chi connectivity index (χ1) is 44.6. The van der Waals surface area contributed by atoms with E-state index in [1.165, 1.54) is 62.0 Å². The van der Waals surface area contributed by atoms with Crippen LogP contribution in [0.5, 0.6) is 0 Å². The van der Waals surface area contributed by atoms with E-state index in [1.807, 2.05) is 63.7 Å². The van der Waals surface area contributed by atoms with Crippen molar-refractivity contribution in [3.8, 4) is 0 Å². The van der Waals surface area contributed by atoms with Gasteiger partial charge in [-0.25, -0.2) is 42.3 Å². The van der Waals surface area contributed by atoms with Crippen LogP contribution < -0.4 is 20.4 Å². The topological polar surface area (TPSA) is 233 Å². The highest BCUT2D eigenvalue weighted by molar-refractivity contribution is 7.12. The summed E-state index contributed by atoms with van der Waals surface area (Å²) in [6, 6.07) is 19.4. The van der Waals surface area contributed by atoms with Crippen molar-refractivity contribution >= 4 is 94.3 Å². The van der Waals surface area contributed by atoms with Crippen LogP contribution in [-0.2, 0) is 49.3 Å². The van der Waals surface area contributed by atoms with Crippen molar-refractivity contribution in [1.82, 2.24) is 40.2 Å². The first-order valence-electron chi connectivity index (χ1n) is 29.7. The lowest BCUT2D eigenvalue weighted by molar-refractivity contribution is -0.142. The van der Waals surface area contributed by atoms with E-state index in [0.29, 0.717) is 116 Å². The Morgan fingerprint density at radius 1 is 0.624 bits per heavy atom. The molecule has 4 atom stereocenters. The van der Waals surface area contributed by atoms with Gasteiger partial charge in [0.15, 0.2) is 33.3 Å². The van der Waals surface area contributed by atoms with Gasteiger partial charge in [0.1, 0.15) is 29.1 Å². The summed E-state index contributed by atoms with van der Waals surface area (Å²) in [5.41, 5.74) is 3.70. The summed E-state index contributed by atoms with van der Waals surface area (Å²) in [4.78, 5) is 105. The number of ether oxygens (including phenoxy) is 4. The smallest absolute Gasteiger partial charge is 0.338 e. The van der Waals surface area contributed by atoms with Gasteiger partial charge >= 0.3 is 24.0 Å². The zero-order chi connectivity index (χ0) is 66.0. The monoisotopic (exact) mass is 1330 g/mol. The third kappa shape index (κ3) is 13.3. The molecule has 12 rings (SSSR count). The molecule has 0 bridgehead atoms. The number of urea groups is 2. The van der Waals surface area contributed by atoms with Crippen LogP contribution in [0.1, 0.15) is 77.6 Å². The number of rotatable bonds is 18. The fourth-order valence-electron chi connectivity index (χ4n) is 12.4. The predicted octanol–water partition coefficient (Wildman–Crippen LogP) is 8.77. The largest absolute Gasteiger partial charge is 0.466 e. The van der Waals surface area contributed by atoms with Crippen molar-refractivity contribution in [2.24, 2.45) is 9.98 Å². The second-order valence-corrected chi connectivity index (χ2v) is 25.8. The van der Waals surface area contributed by atoms with Crippen molar-refractivity contribution in [3.05, 3.63) is 185 Å². The Morgan fingerprint density at radius 3 is 1.49 bits per heavy atom. The Bertz CT molecular complexity index is 3980. The fourth-order valence-corrected chi connectivity index (χ4v) is 13.8. The molecule has 486 valence electrons. The molecule has 4 fully saturated rings. The van der Waals surface area contributed by atoms with Crippen LogP contribution in [0.15, 0.2) is 135 Å². The molecule has 6 aliphatic rings. The third-order valence-corrected chi connectivity index (χ3v) is 19.3. The van der Waals surface area contributed by atoms with Gasteiger partial charge in [0.2, 0.25) is 0 Å². The number of amides is 4. The van der Waals surface area contributed by atoms with E-state index in [-0.39, 0.29) is 52.4 Å². The minimum Gasteiger partial charge on any atom is -0.466 e. The summed E-state index contributed by atoms with van der Waals surface area (Å²) in [5, 5.41) is 11.3. The number of esters is 2. The van der Waals surface area contributed by atoms with Crippen molar-refractivity contribution in [1.29, 1.82) is 0 Å². The second-order valence-electron chi connectivity index (χ2n) is 23.7. The number of carbonyl (C=O) groups excluding carboxylic acids is 6. The average Bonchev–Trinajstić information content (AvgIpc) is 1.71. The van der Waals surface area contributed by atoms with Gasteiger partial charge in [0.25, 0.3) is 12.9 Å². The van der Waals surface area contributed by atoms with Crippen molar-refractivity contribution in [2.45, 2.75) is 70.0 Å². The minimum absolute atomic E-state index is 0.0472. The number of nitrogens with one attached hydrogen (secondary N) is 2. The van der Waals surface area contributed by atoms with Gasteiger partial charge in [-0.3, -0.25) is 39.2 Å². The highest BCUT2D eigenvalue weighted by Gasteiger charge is 2.45. The normalized spacial score (nSPS) is 20.2. The van der Waals surface area contributed by atoms with E-state index >= 15 is 0 Å². The quantitative estimate of drug-likeness (QED) is 0.0465. The standard InChI is InChI=1S/C33H34F2N6O5S.C32H32ClFN6O5S/c1-19-23(9-10-24(34)27(19)35)28-26(31(43)45-4)25(37-29(38-28)30-36-11-14-47-30)17-39-12-13-40-22(15-39)16-41(32(40)44)21-7-5-20(6-8-21)33(2,3)46-18-42;1-32(2,45-18-41)19-7-9-20(10-8-19)40-16-21-15-38(12-13-39(21)31(40)43)17-24-25(30(42)44-3)27(22-5-4-6-23(34)26(22)33)37-28(36-24)29-35-11-14-46-29/h5-11,14,18,22,28H,12-13,15-17H2,1-4H3,(H,37,38);4-11,14,18,21,27H,12-13,15-17H2,1-3H3,(H,36,37)/t22-,28-;21-,27-/m00/s1. The number of thiazole rings is 2. The number of anilines is 2. The Hall–Kier alpha value is -9.02. The van der Waals surface area contributed by atoms with Gasteiger partial charge in [-0.15, -0.1) is 22.7 Å². The maximum absolute atomic E-state index is 14.8. The lowest BCUT2D eigenvalue weighted by atomic mass is 9.92. The van der Waals surface area contributed by atoms with Crippen LogP contribution in [-0.4, -0.2) is 170 Å².